The average molecular weight is 247 g/mol. The van der Waals surface area contributed by atoms with E-state index in [-0.39, 0.29) is 5.41 Å². The van der Waals surface area contributed by atoms with Crippen molar-refractivity contribution in [1.29, 1.82) is 0 Å². The van der Waals surface area contributed by atoms with Crippen molar-refractivity contribution >= 4 is 0 Å². The van der Waals surface area contributed by atoms with Gasteiger partial charge in [-0.25, -0.2) is 0 Å². The summed E-state index contributed by atoms with van der Waals surface area (Å²) in [6.07, 6.45) is 1.93. The molecule has 0 atom stereocenters. The molecule has 96 valence electrons. The normalized spacial score (nSPS) is 22.7. The zero-order chi connectivity index (χ0) is 12.2. The number of nitrogens with two attached hydrogens (primary N) is 1. The SMILES string of the molecule is NCC1(c2c3c(cc4c2OCC4)OCC3)COC1. The zero-order valence-corrected chi connectivity index (χ0v) is 10.3. The van der Waals surface area contributed by atoms with Gasteiger partial charge in [0.15, 0.2) is 0 Å². The predicted octanol–water partition coefficient (Wildman–Crippen LogP) is 0.783. The average Bonchev–Trinajstić information content (AvgIpc) is 2.94. The molecule has 3 aliphatic heterocycles. The molecule has 1 aromatic carbocycles. The van der Waals surface area contributed by atoms with Gasteiger partial charge in [-0.2, -0.15) is 0 Å². The standard InChI is InChI=1S/C14H17NO3/c15-6-14(7-16-8-14)12-10-2-4-17-11(10)5-9-1-3-18-13(9)12/h5H,1-4,6-8,15H2. The highest BCUT2D eigenvalue weighted by atomic mass is 16.5. The Bertz CT molecular complexity index is 470. The molecule has 4 rings (SSSR count). The topological polar surface area (TPSA) is 53.7 Å². The summed E-state index contributed by atoms with van der Waals surface area (Å²) in [5.41, 5.74) is 9.81. The number of benzene rings is 1. The molecule has 0 spiro atoms. The molecule has 2 N–H and O–H groups in total. The van der Waals surface area contributed by atoms with Crippen LogP contribution in [-0.4, -0.2) is 33.0 Å². The first-order valence-electron chi connectivity index (χ1n) is 6.57. The van der Waals surface area contributed by atoms with Crippen LogP contribution in [-0.2, 0) is 23.0 Å². The van der Waals surface area contributed by atoms with Crippen molar-refractivity contribution in [1.82, 2.24) is 0 Å². The summed E-state index contributed by atoms with van der Waals surface area (Å²) in [4.78, 5) is 0. The fraction of sp³-hybridized carbons (Fsp3) is 0.571. The molecule has 0 saturated carbocycles. The maximum absolute atomic E-state index is 6.01. The number of fused-ring (bicyclic) bond motifs is 2. The highest BCUT2D eigenvalue weighted by Gasteiger charge is 2.45. The van der Waals surface area contributed by atoms with Gasteiger partial charge in [0, 0.05) is 36.1 Å². The van der Waals surface area contributed by atoms with Crippen LogP contribution in [0.5, 0.6) is 11.5 Å². The first-order chi connectivity index (χ1) is 8.84. The number of hydrogen-bond donors (Lipinski definition) is 1. The Kier molecular flexibility index (Phi) is 2.14. The lowest BCUT2D eigenvalue weighted by Crippen LogP contribution is -2.52. The van der Waals surface area contributed by atoms with Gasteiger partial charge in [0.1, 0.15) is 11.5 Å². The minimum Gasteiger partial charge on any atom is -0.493 e. The minimum atomic E-state index is -0.0481. The lowest BCUT2D eigenvalue weighted by atomic mass is 9.74. The second-order valence-electron chi connectivity index (χ2n) is 5.39. The van der Waals surface area contributed by atoms with Crippen LogP contribution in [0.2, 0.25) is 0 Å². The maximum Gasteiger partial charge on any atom is 0.127 e. The first-order valence-corrected chi connectivity index (χ1v) is 6.57. The minimum absolute atomic E-state index is 0.0481. The monoisotopic (exact) mass is 247 g/mol. The van der Waals surface area contributed by atoms with Crippen molar-refractivity contribution in [3.05, 3.63) is 22.8 Å². The van der Waals surface area contributed by atoms with Crippen LogP contribution in [0.1, 0.15) is 16.7 Å². The molecule has 0 radical (unpaired) electrons. The fourth-order valence-electron chi connectivity index (χ4n) is 3.26. The molecule has 0 amide bonds. The Morgan fingerprint density at radius 1 is 1.17 bits per heavy atom. The van der Waals surface area contributed by atoms with Gasteiger partial charge in [-0.05, 0) is 6.07 Å². The van der Waals surface area contributed by atoms with E-state index in [9.17, 15) is 0 Å². The second kappa shape index (κ2) is 3.62. The number of ether oxygens (including phenoxy) is 3. The third-order valence-corrected chi connectivity index (χ3v) is 4.33. The van der Waals surface area contributed by atoms with E-state index in [1.807, 2.05) is 0 Å². The summed E-state index contributed by atoms with van der Waals surface area (Å²) in [5.74, 6) is 2.10. The van der Waals surface area contributed by atoms with Gasteiger partial charge in [0.05, 0.1) is 31.8 Å². The molecule has 1 saturated heterocycles. The predicted molar refractivity (Wildman–Crippen MR) is 66.4 cm³/mol. The molecule has 3 aliphatic rings. The van der Waals surface area contributed by atoms with E-state index in [1.165, 1.54) is 16.7 Å². The van der Waals surface area contributed by atoms with Gasteiger partial charge in [-0.3, -0.25) is 0 Å². The molecular formula is C14H17NO3. The largest absolute Gasteiger partial charge is 0.493 e. The molecule has 0 aromatic heterocycles. The van der Waals surface area contributed by atoms with Crippen LogP contribution in [0.3, 0.4) is 0 Å². The zero-order valence-electron chi connectivity index (χ0n) is 10.3. The Morgan fingerprint density at radius 3 is 2.72 bits per heavy atom. The highest BCUT2D eigenvalue weighted by Crippen LogP contribution is 2.48. The molecule has 0 unspecified atom stereocenters. The first kappa shape index (κ1) is 10.6. The van der Waals surface area contributed by atoms with Gasteiger partial charge in [0.25, 0.3) is 0 Å². The van der Waals surface area contributed by atoms with Crippen molar-refractivity contribution in [2.75, 3.05) is 33.0 Å². The van der Waals surface area contributed by atoms with Crippen molar-refractivity contribution in [3.63, 3.8) is 0 Å². The van der Waals surface area contributed by atoms with Gasteiger partial charge >= 0.3 is 0 Å². The van der Waals surface area contributed by atoms with Crippen LogP contribution >= 0.6 is 0 Å². The van der Waals surface area contributed by atoms with Crippen LogP contribution in [0.25, 0.3) is 0 Å². The smallest absolute Gasteiger partial charge is 0.127 e. The molecule has 4 nitrogen and oxygen atoms in total. The summed E-state index contributed by atoms with van der Waals surface area (Å²) >= 11 is 0. The van der Waals surface area contributed by atoms with Crippen molar-refractivity contribution < 1.29 is 14.2 Å². The van der Waals surface area contributed by atoms with E-state index in [1.54, 1.807) is 0 Å². The summed E-state index contributed by atoms with van der Waals surface area (Å²) < 4.78 is 17.0. The molecule has 1 fully saturated rings. The van der Waals surface area contributed by atoms with E-state index in [4.69, 9.17) is 19.9 Å². The van der Waals surface area contributed by atoms with E-state index in [2.05, 4.69) is 6.07 Å². The van der Waals surface area contributed by atoms with Crippen molar-refractivity contribution in [2.24, 2.45) is 5.73 Å². The Balaban J connectivity index is 1.95. The molecule has 4 heteroatoms. The van der Waals surface area contributed by atoms with E-state index < -0.39 is 0 Å². The summed E-state index contributed by atoms with van der Waals surface area (Å²) in [7, 11) is 0. The Morgan fingerprint density at radius 2 is 2.00 bits per heavy atom. The highest BCUT2D eigenvalue weighted by molar-refractivity contribution is 5.60. The summed E-state index contributed by atoms with van der Waals surface area (Å²) in [6.45, 7) is 3.56. The van der Waals surface area contributed by atoms with Gasteiger partial charge in [-0.15, -0.1) is 0 Å². The third-order valence-electron chi connectivity index (χ3n) is 4.33. The maximum atomic E-state index is 6.01. The van der Waals surface area contributed by atoms with Crippen molar-refractivity contribution in [2.45, 2.75) is 18.3 Å². The Hall–Kier alpha value is -1.26. The van der Waals surface area contributed by atoms with Gasteiger partial charge in [-0.1, -0.05) is 0 Å². The second-order valence-corrected chi connectivity index (χ2v) is 5.39. The number of rotatable bonds is 2. The quantitative estimate of drug-likeness (QED) is 0.839. The molecule has 1 aromatic rings. The van der Waals surface area contributed by atoms with Crippen LogP contribution < -0.4 is 15.2 Å². The van der Waals surface area contributed by atoms with E-state index in [0.29, 0.717) is 19.8 Å². The summed E-state index contributed by atoms with van der Waals surface area (Å²) in [6, 6.07) is 2.15. The van der Waals surface area contributed by atoms with Gasteiger partial charge in [0.2, 0.25) is 0 Å². The molecule has 0 aliphatic carbocycles. The lowest BCUT2D eigenvalue weighted by molar-refractivity contribution is -0.0562. The fourth-order valence-corrected chi connectivity index (χ4v) is 3.26. The van der Waals surface area contributed by atoms with Crippen LogP contribution in [0.4, 0.5) is 0 Å². The molecule has 0 bridgehead atoms. The van der Waals surface area contributed by atoms with Gasteiger partial charge < -0.3 is 19.9 Å². The Labute approximate surface area is 106 Å². The molecule has 3 heterocycles. The van der Waals surface area contributed by atoms with Crippen LogP contribution in [0, 0.1) is 0 Å². The van der Waals surface area contributed by atoms with E-state index in [0.717, 1.165) is 37.6 Å². The van der Waals surface area contributed by atoms with E-state index >= 15 is 0 Å². The number of hydrogen-bond acceptors (Lipinski definition) is 4. The third kappa shape index (κ3) is 1.22. The molecular weight excluding hydrogens is 230 g/mol. The summed E-state index contributed by atoms with van der Waals surface area (Å²) in [5, 5.41) is 0. The lowest BCUT2D eigenvalue weighted by Gasteiger charge is -2.42. The van der Waals surface area contributed by atoms with Crippen molar-refractivity contribution in [3.8, 4) is 11.5 Å². The van der Waals surface area contributed by atoms with Crippen LogP contribution in [0.15, 0.2) is 6.07 Å². The molecule has 18 heavy (non-hydrogen) atoms.